The van der Waals surface area contributed by atoms with Crippen LogP contribution in [0.3, 0.4) is 0 Å². The molecular weight excluding hydrogens is 216 g/mol. The first-order valence-electron chi connectivity index (χ1n) is 4.52. The fourth-order valence-corrected chi connectivity index (χ4v) is 1.84. The van der Waals surface area contributed by atoms with E-state index in [2.05, 4.69) is 4.98 Å². The number of hydrogen-bond donors (Lipinski definition) is 1. The van der Waals surface area contributed by atoms with Crippen molar-refractivity contribution in [3.8, 4) is 0 Å². The zero-order chi connectivity index (χ0) is 11.0. The molecule has 4 nitrogen and oxygen atoms in total. The number of fused-ring (bicyclic) bond motifs is 1. The predicted octanol–water partition coefficient (Wildman–Crippen LogP) is 2.41. The van der Waals surface area contributed by atoms with Crippen LogP contribution in [0, 0.1) is 0 Å². The van der Waals surface area contributed by atoms with Crippen LogP contribution in [-0.2, 0) is 6.54 Å². The van der Waals surface area contributed by atoms with Crippen LogP contribution in [0.5, 0.6) is 0 Å². The number of aromatic nitrogens is 2. The van der Waals surface area contributed by atoms with Gasteiger partial charge in [0.1, 0.15) is 0 Å². The van der Waals surface area contributed by atoms with Gasteiger partial charge in [0.15, 0.2) is 0 Å². The normalized spacial score (nSPS) is 10.8. The van der Waals surface area contributed by atoms with Gasteiger partial charge in [-0.2, -0.15) is 0 Å². The van der Waals surface area contributed by atoms with Crippen LogP contribution in [0.2, 0.25) is 5.28 Å². The molecule has 0 radical (unpaired) electrons. The number of nitrogens with zero attached hydrogens (tertiary/aromatic N) is 2. The molecular formula is C10H9ClN2O2. The second kappa shape index (κ2) is 3.55. The van der Waals surface area contributed by atoms with Crippen molar-refractivity contribution >= 4 is 28.6 Å². The van der Waals surface area contributed by atoms with Gasteiger partial charge in [-0.3, -0.25) is 0 Å². The summed E-state index contributed by atoms with van der Waals surface area (Å²) < 4.78 is 1.82. The molecule has 5 heteroatoms. The highest BCUT2D eigenvalue weighted by molar-refractivity contribution is 6.29. The molecule has 0 fully saturated rings. The maximum atomic E-state index is 10.7. The summed E-state index contributed by atoms with van der Waals surface area (Å²) in [6.07, 6.45) is 0. The van der Waals surface area contributed by atoms with Crippen LogP contribution in [0.4, 0.5) is 0 Å². The highest BCUT2D eigenvalue weighted by Crippen LogP contribution is 2.20. The van der Waals surface area contributed by atoms with Crippen LogP contribution >= 0.6 is 11.6 Å². The van der Waals surface area contributed by atoms with Crippen molar-refractivity contribution in [2.24, 2.45) is 0 Å². The summed E-state index contributed by atoms with van der Waals surface area (Å²) in [5.74, 6) is -0.959. The van der Waals surface area contributed by atoms with Crippen LogP contribution in [0.15, 0.2) is 18.2 Å². The predicted molar refractivity (Wildman–Crippen MR) is 57.4 cm³/mol. The van der Waals surface area contributed by atoms with Gasteiger partial charge in [0.25, 0.3) is 0 Å². The number of rotatable bonds is 2. The van der Waals surface area contributed by atoms with E-state index < -0.39 is 5.97 Å². The van der Waals surface area contributed by atoms with Gasteiger partial charge in [-0.05, 0) is 36.7 Å². The van der Waals surface area contributed by atoms with E-state index in [9.17, 15) is 4.79 Å². The van der Waals surface area contributed by atoms with Crippen molar-refractivity contribution in [1.29, 1.82) is 0 Å². The Kier molecular flexibility index (Phi) is 2.36. The molecule has 2 aromatic rings. The highest BCUT2D eigenvalue weighted by atomic mass is 35.5. The molecule has 1 N–H and O–H groups in total. The molecule has 0 saturated carbocycles. The smallest absolute Gasteiger partial charge is 0.335 e. The van der Waals surface area contributed by atoms with Crippen LogP contribution in [0.25, 0.3) is 11.0 Å². The Bertz CT molecular complexity index is 533. The van der Waals surface area contributed by atoms with Crippen LogP contribution < -0.4 is 0 Å². The lowest BCUT2D eigenvalue weighted by molar-refractivity contribution is 0.0697. The molecule has 0 spiro atoms. The van der Waals surface area contributed by atoms with Crippen molar-refractivity contribution < 1.29 is 9.90 Å². The number of imidazole rings is 1. The molecule has 0 aliphatic rings. The Morgan fingerprint density at radius 1 is 1.60 bits per heavy atom. The Balaban J connectivity index is 2.69. The summed E-state index contributed by atoms with van der Waals surface area (Å²) in [5, 5.41) is 9.19. The largest absolute Gasteiger partial charge is 0.478 e. The minimum Gasteiger partial charge on any atom is -0.478 e. The molecule has 2 rings (SSSR count). The molecule has 1 heterocycles. The fraction of sp³-hybridized carbons (Fsp3) is 0.200. The zero-order valence-electron chi connectivity index (χ0n) is 8.07. The monoisotopic (exact) mass is 224 g/mol. The van der Waals surface area contributed by atoms with E-state index in [4.69, 9.17) is 16.7 Å². The standard InChI is InChI=1S/C10H9ClN2O2/c1-2-13-8-4-3-6(9(14)15)5-7(8)12-10(13)11/h3-5H,2H2,1H3,(H,14,15). The van der Waals surface area contributed by atoms with E-state index in [1.165, 1.54) is 6.07 Å². The van der Waals surface area contributed by atoms with Crippen LogP contribution in [-0.4, -0.2) is 20.6 Å². The molecule has 0 atom stereocenters. The number of carboxylic acids is 1. The summed E-state index contributed by atoms with van der Waals surface area (Å²) in [6.45, 7) is 2.67. The number of carbonyl (C=O) groups is 1. The first kappa shape index (κ1) is 9.98. The molecule has 0 bridgehead atoms. The SMILES string of the molecule is CCn1c(Cl)nc2cc(C(=O)O)ccc21. The molecule has 0 saturated heterocycles. The molecule has 15 heavy (non-hydrogen) atoms. The Labute approximate surface area is 91.1 Å². The van der Waals surface area contributed by atoms with Crippen molar-refractivity contribution in [2.75, 3.05) is 0 Å². The molecule has 0 aliphatic carbocycles. The van der Waals surface area contributed by atoms with Gasteiger partial charge in [0.2, 0.25) is 5.28 Å². The molecule has 1 aromatic carbocycles. The zero-order valence-corrected chi connectivity index (χ0v) is 8.82. The minimum atomic E-state index is -0.959. The molecule has 78 valence electrons. The summed E-state index contributed by atoms with van der Waals surface area (Å²) in [5.41, 5.74) is 1.69. The maximum Gasteiger partial charge on any atom is 0.335 e. The Morgan fingerprint density at radius 2 is 2.33 bits per heavy atom. The minimum absolute atomic E-state index is 0.222. The highest BCUT2D eigenvalue weighted by Gasteiger charge is 2.10. The van der Waals surface area contributed by atoms with Crippen molar-refractivity contribution in [3.05, 3.63) is 29.0 Å². The number of aryl methyl sites for hydroxylation is 1. The first-order valence-corrected chi connectivity index (χ1v) is 4.90. The number of hydrogen-bond acceptors (Lipinski definition) is 2. The summed E-state index contributed by atoms with van der Waals surface area (Å²) in [6, 6.07) is 4.80. The third-order valence-electron chi connectivity index (χ3n) is 2.26. The lowest BCUT2D eigenvalue weighted by atomic mass is 10.2. The lowest BCUT2D eigenvalue weighted by Crippen LogP contribution is -1.96. The second-order valence-corrected chi connectivity index (χ2v) is 3.47. The lowest BCUT2D eigenvalue weighted by Gasteiger charge is -2.00. The van der Waals surface area contributed by atoms with Crippen LogP contribution in [0.1, 0.15) is 17.3 Å². The Hall–Kier alpha value is -1.55. The van der Waals surface area contributed by atoms with E-state index in [-0.39, 0.29) is 5.56 Å². The van der Waals surface area contributed by atoms with Gasteiger partial charge in [0, 0.05) is 6.54 Å². The van der Waals surface area contributed by atoms with Gasteiger partial charge in [-0.15, -0.1) is 0 Å². The average Bonchev–Trinajstić information content (AvgIpc) is 2.51. The average molecular weight is 225 g/mol. The van der Waals surface area contributed by atoms with E-state index in [1.807, 2.05) is 11.5 Å². The van der Waals surface area contributed by atoms with Crippen molar-refractivity contribution in [2.45, 2.75) is 13.5 Å². The number of aromatic carboxylic acids is 1. The van der Waals surface area contributed by atoms with Gasteiger partial charge in [0.05, 0.1) is 16.6 Å². The molecule has 0 aliphatic heterocycles. The van der Waals surface area contributed by atoms with Gasteiger partial charge < -0.3 is 9.67 Å². The second-order valence-electron chi connectivity index (χ2n) is 3.13. The number of halogens is 1. The van der Waals surface area contributed by atoms with E-state index in [0.29, 0.717) is 17.3 Å². The quantitative estimate of drug-likeness (QED) is 0.852. The summed E-state index contributed by atoms with van der Waals surface area (Å²) >= 11 is 5.90. The summed E-state index contributed by atoms with van der Waals surface area (Å²) in [4.78, 5) is 14.8. The molecule has 0 amide bonds. The number of benzene rings is 1. The molecule has 1 aromatic heterocycles. The first-order chi connectivity index (χ1) is 7.13. The number of carboxylic acid groups (broad SMARTS) is 1. The maximum absolute atomic E-state index is 10.7. The van der Waals surface area contributed by atoms with Crippen molar-refractivity contribution in [3.63, 3.8) is 0 Å². The van der Waals surface area contributed by atoms with Crippen molar-refractivity contribution in [1.82, 2.24) is 9.55 Å². The van der Waals surface area contributed by atoms with Gasteiger partial charge >= 0.3 is 5.97 Å². The van der Waals surface area contributed by atoms with E-state index in [0.717, 1.165) is 5.52 Å². The molecule has 0 unspecified atom stereocenters. The Morgan fingerprint density at radius 3 is 2.93 bits per heavy atom. The van der Waals surface area contributed by atoms with E-state index >= 15 is 0 Å². The summed E-state index contributed by atoms with van der Waals surface area (Å²) in [7, 11) is 0. The fourth-order valence-electron chi connectivity index (χ4n) is 1.53. The topological polar surface area (TPSA) is 55.1 Å². The van der Waals surface area contributed by atoms with E-state index in [1.54, 1.807) is 12.1 Å². The third kappa shape index (κ3) is 1.57. The van der Waals surface area contributed by atoms with Gasteiger partial charge in [-0.1, -0.05) is 0 Å². The van der Waals surface area contributed by atoms with Gasteiger partial charge in [-0.25, -0.2) is 9.78 Å². The third-order valence-corrected chi connectivity index (χ3v) is 2.55.